The molecule has 0 aliphatic heterocycles. The molecule has 0 heterocycles. The van der Waals surface area contributed by atoms with Crippen molar-refractivity contribution >= 4 is 17.9 Å². The van der Waals surface area contributed by atoms with Crippen LogP contribution in [0.5, 0.6) is 0 Å². The number of rotatable bonds is 42. The lowest BCUT2D eigenvalue weighted by Crippen LogP contribution is -2.30. The molecule has 0 radical (unpaired) electrons. The van der Waals surface area contributed by atoms with Gasteiger partial charge in [0.1, 0.15) is 13.2 Å². The maximum absolute atomic E-state index is 12.8. The standard InChI is InChI=1S/C55H88O6/c1-4-7-10-13-16-19-22-24-26-27-29-30-33-36-39-42-45-48-54(57)60-51-52(50-59-53(56)47-44-41-38-35-32-21-18-15-12-9-6-3)61-55(58)49-46-43-40-37-34-31-28-25-23-20-17-14-11-8-5-2/h7-8,10-11,14-20,23-24,26,29-30,36,39,52H,4-6,9,12-13,21-22,25,27-28,31-35,37-38,40-51H2,1-3H3/b10-7-,11-8-,17-14-,18-15-,19-16-,23-20-,26-24-,30-29-,39-36-. The van der Waals surface area contributed by atoms with Crippen LogP contribution < -0.4 is 0 Å². The van der Waals surface area contributed by atoms with E-state index < -0.39 is 6.10 Å². The first-order valence-corrected chi connectivity index (χ1v) is 24.4. The fourth-order valence-corrected chi connectivity index (χ4v) is 6.16. The molecule has 61 heavy (non-hydrogen) atoms. The highest BCUT2D eigenvalue weighted by Gasteiger charge is 2.19. The van der Waals surface area contributed by atoms with E-state index in [1.807, 2.05) is 0 Å². The lowest BCUT2D eigenvalue weighted by Gasteiger charge is -2.18. The van der Waals surface area contributed by atoms with Crippen LogP contribution in [-0.4, -0.2) is 37.2 Å². The molecule has 0 aromatic carbocycles. The zero-order valence-electron chi connectivity index (χ0n) is 39.1. The molecule has 0 aliphatic rings. The van der Waals surface area contributed by atoms with Crippen molar-refractivity contribution in [3.63, 3.8) is 0 Å². The molecular formula is C55H88O6. The Balaban J connectivity index is 4.51. The summed E-state index contributed by atoms with van der Waals surface area (Å²) < 4.78 is 16.7. The smallest absolute Gasteiger partial charge is 0.306 e. The van der Waals surface area contributed by atoms with Gasteiger partial charge in [-0.1, -0.05) is 194 Å². The molecule has 6 nitrogen and oxygen atoms in total. The quantitative estimate of drug-likeness (QED) is 0.0200. The van der Waals surface area contributed by atoms with Gasteiger partial charge in [-0.3, -0.25) is 14.4 Å². The molecule has 0 bridgehead atoms. The molecule has 0 spiro atoms. The molecule has 0 saturated heterocycles. The Labute approximate surface area is 374 Å². The second kappa shape index (κ2) is 48.7. The monoisotopic (exact) mass is 845 g/mol. The van der Waals surface area contributed by atoms with Gasteiger partial charge in [0.25, 0.3) is 0 Å². The Kier molecular flexibility index (Phi) is 45.6. The summed E-state index contributed by atoms with van der Waals surface area (Å²) in [4.78, 5) is 37.9. The van der Waals surface area contributed by atoms with Crippen molar-refractivity contribution in [1.82, 2.24) is 0 Å². The van der Waals surface area contributed by atoms with Gasteiger partial charge < -0.3 is 14.2 Å². The largest absolute Gasteiger partial charge is 0.462 e. The first-order valence-electron chi connectivity index (χ1n) is 24.4. The van der Waals surface area contributed by atoms with Gasteiger partial charge in [-0.25, -0.2) is 0 Å². The number of allylic oxidation sites excluding steroid dienone is 18. The molecular weight excluding hydrogens is 757 g/mol. The van der Waals surface area contributed by atoms with E-state index in [2.05, 4.69) is 130 Å². The molecule has 0 saturated carbocycles. The van der Waals surface area contributed by atoms with Gasteiger partial charge in [-0.05, 0) is 96.3 Å². The van der Waals surface area contributed by atoms with Gasteiger partial charge in [-0.2, -0.15) is 0 Å². The third-order valence-corrected chi connectivity index (χ3v) is 9.80. The van der Waals surface area contributed by atoms with Crippen molar-refractivity contribution in [1.29, 1.82) is 0 Å². The van der Waals surface area contributed by atoms with Crippen LogP contribution in [0.25, 0.3) is 0 Å². The van der Waals surface area contributed by atoms with E-state index >= 15 is 0 Å². The Morgan fingerprint density at radius 3 is 1.26 bits per heavy atom. The minimum atomic E-state index is -0.811. The molecule has 0 fully saturated rings. The number of hydrogen-bond acceptors (Lipinski definition) is 6. The van der Waals surface area contributed by atoms with Gasteiger partial charge in [0.05, 0.1) is 0 Å². The summed E-state index contributed by atoms with van der Waals surface area (Å²) in [7, 11) is 0. The zero-order valence-corrected chi connectivity index (χ0v) is 39.1. The van der Waals surface area contributed by atoms with E-state index in [-0.39, 0.29) is 37.5 Å². The van der Waals surface area contributed by atoms with Gasteiger partial charge in [-0.15, -0.1) is 0 Å². The van der Waals surface area contributed by atoms with Gasteiger partial charge in [0, 0.05) is 19.3 Å². The van der Waals surface area contributed by atoms with Crippen molar-refractivity contribution in [2.24, 2.45) is 0 Å². The maximum Gasteiger partial charge on any atom is 0.306 e. The normalized spacial score (nSPS) is 13.0. The summed E-state index contributed by atoms with van der Waals surface area (Å²) in [6.45, 7) is 6.26. The highest BCUT2D eigenvalue weighted by molar-refractivity contribution is 5.71. The topological polar surface area (TPSA) is 78.9 Å². The fourth-order valence-electron chi connectivity index (χ4n) is 6.16. The SMILES string of the molecule is CC\C=C/C=C\C=C/CCCCCCCCCC(=O)OC(COC(=O)CCC/C=C\C/C=C\C/C=C\C/C=C\C/C=C\CC)COC(=O)CCCCCCC/C=C\CCCC. The Hall–Kier alpha value is -3.93. The summed E-state index contributed by atoms with van der Waals surface area (Å²) in [5.74, 6) is -0.999. The predicted octanol–water partition coefficient (Wildman–Crippen LogP) is 16.0. The van der Waals surface area contributed by atoms with Crippen molar-refractivity contribution in [2.75, 3.05) is 13.2 Å². The third-order valence-electron chi connectivity index (χ3n) is 9.80. The van der Waals surface area contributed by atoms with E-state index in [0.717, 1.165) is 109 Å². The molecule has 0 aliphatic carbocycles. The number of hydrogen-bond donors (Lipinski definition) is 0. The summed E-state index contributed by atoms with van der Waals surface area (Å²) >= 11 is 0. The summed E-state index contributed by atoms with van der Waals surface area (Å²) in [5.41, 5.74) is 0. The van der Waals surface area contributed by atoms with Crippen LogP contribution in [0.3, 0.4) is 0 Å². The molecule has 0 aromatic rings. The van der Waals surface area contributed by atoms with Crippen LogP contribution in [0.1, 0.15) is 201 Å². The lowest BCUT2D eigenvalue weighted by molar-refractivity contribution is -0.167. The van der Waals surface area contributed by atoms with Crippen molar-refractivity contribution in [2.45, 2.75) is 207 Å². The van der Waals surface area contributed by atoms with Crippen LogP contribution in [0, 0.1) is 0 Å². The first-order chi connectivity index (χ1) is 30.0. The van der Waals surface area contributed by atoms with Crippen LogP contribution in [-0.2, 0) is 28.6 Å². The van der Waals surface area contributed by atoms with Gasteiger partial charge >= 0.3 is 17.9 Å². The highest BCUT2D eigenvalue weighted by atomic mass is 16.6. The van der Waals surface area contributed by atoms with Crippen molar-refractivity contribution < 1.29 is 28.6 Å². The van der Waals surface area contributed by atoms with Crippen LogP contribution in [0.2, 0.25) is 0 Å². The second-order valence-corrected chi connectivity index (χ2v) is 15.7. The molecule has 0 amide bonds. The molecule has 6 heteroatoms. The third kappa shape index (κ3) is 47.0. The van der Waals surface area contributed by atoms with Gasteiger partial charge in [0.2, 0.25) is 0 Å². The highest BCUT2D eigenvalue weighted by Crippen LogP contribution is 2.13. The number of carbonyl (C=O) groups excluding carboxylic acids is 3. The molecule has 0 N–H and O–H groups in total. The van der Waals surface area contributed by atoms with Crippen LogP contribution in [0.15, 0.2) is 109 Å². The van der Waals surface area contributed by atoms with E-state index in [0.29, 0.717) is 19.3 Å². The minimum Gasteiger partial charge on any atom is -0.462 e. The van der Waals surface area contributed by atoms with Crippen molar-refractivity contribution in [3.05, 3.63) is 109 Å². The zero-order chi connectivity index (χ0) is 44.4. The van der Waals surface area contributed by atoms with Crippen LogP contribution in [0.4, 0.5) is 0 Å². The second-order valence-electron chi connectivity index (χ2n) is 15.7. The summed E-state index contributed by atoms with van der Waals surface area (Å²) in [6.07, 6.45) is 65.0. The summed E-state index contributed by atoms with van der Waals surface area (Å²) in [6, 6.07) is 0. The Morgan fingerprint density at radius 1 is 0.361 bits per heavy atom. The molecule has 0 rings (SSSR count). The maximum atomic E-state index is 12.8. The fraction of sp³-hybridized carbons (Fsp3) is 0.618. The minimum absolute atomic E-state index is 0.108. The number of esters is 3. The lowest BCUT2D eigenvalue weighted by atomic mass is 10.1. The summed E-state index contributed by atoms with van der Waals surface area (Å²) in [5, 5.41) is 0. The van der Waals surface area contributed by atoms with Gasteiger partial charge in [0.15, 0.2) is 6.10 Å². The predicted molar refractivity (Wildman–Crippen MR) is 260 cm³/mol. The number of carbonyl (C=O) groups is 3. The van der Waals surface area contributed by atoms with E-state index in [1.54, 1.807) is 0 Å². The molecule has 0 aromatic heterocycles. The van der Waals surface area contributed by atoms with E-state index in [1.165, 1.54) is 44.9 Å². The average Bonchev–Trinajstić information content (AvgIpc) is 3.26. The number of ether oxygens (including phenoxy) is 3. The molecule has 1 unspecified atom stereocenters. The number of unbranched alkanes of at least 4 members (excludes halogenated alkanes) is 15. The van der Waals surface area contributed by atoms with E-state index in [4.69, 9.17) is 14.2 Å². The Bertz CT molecular complexity index is 1290. The Morgan fingerprint density at radius 2 is 0.738 bits per heavy atom. The molecule has 344 valence electrons. The van der Waals surface area contributed by atoms with Crippen LogP contribution >= 0.6 is 0 Å². The average molecular weight is 845 g/mol. The van der Waals surface area contributed by atoms with Crippen molar-refractivity contribution in [3.8, 4) is 0 Å². The van der Waals surface area contributed by atoms with E-state index in [9.17, 15) is 14.4 Å². The molecule has 1 atom stereocenters. The first kappa shape index (κ1) is 57.1.